The lowest BCUT2D eigenvalue weighted by molar-refractivity contribution is -0.149. The predicted molar refractivity (Wildman–Crippen MR) is 202 cm³/mol. The minimum Gasteiger partial charge on any atom is -0.497 e. The summed E-state index contributed by atoms with van der Waals surface area (Å²) < 4.78 is 22.4. The summed E-state index contributed by atoms with van der Waals surface area (Å²) in [4.78, 5) is 53.4. The Morgan fingerprint density at radius 2 is 1.63 bits per heavy atom. The normalized spacial score (nSPS) is 14.7. The number of carbonyl (C=O) groups excluding carboxylic acids is 3. The monoisotopic (exact) mass is 728 g/mol. The molecule has 0 spiro atoms. The van der Waals surface area contributed by atoms with Crippen molar-refractivity contribution < 1.29 is 28.6 Å². The van der Waals surface area contributed by atoms with Crippen molar-refractivity contribution in [3.8, 4) is 34.5 Å². The highest BCUT2D eigenvalue weighted by Crippen LogP contribution is 2.37. The van der Waals surface area contributed by atoms with Crippen molar-refractivity contribution in [2.24, 2.45) is 7.05 Å². The minimum atomic E-state index is -1.03. The zero-order chi connectivity index (χ0) is 38.5. The van der Waals surface area contributed by atoms with Gasteiger partial charge in [-0.15, -0.1) is 0 Å². The molecule has 0 aliphatic carbocycles. The molecule has 2 saturated heterocycles. The summed E-state index contributed by atoms with van der Waals surface area (Å²) in [5, 5.41) is 12.1. The molecule has 1 unspecified atom stereocenters. The second-order valence-corrected chi connectivity index (χ2v) is 14.3. The van der Waals surface area contributed by atoms with Gasteiger partial charge in [-0.2, -0.15) is 5.26 Å². The summed E-state index contributed by atoms with van der Waals surface area (Å²) in [6.07, 6.45) is 5.68. The number of aryl methyl sites for hydroxylation is 1. The number of carbonyl (C=O) groups is 3. The lowest BCUT2D eigenvalue weighted by Crippen LogP contribution is -2.31. The molecule has 5 heterocycles. The fraction of sp³-hybridized carbons (Fsp3) is 0.293. The van der Waals surface area contributed by atoms with Crippen molar-refractivity contribution in [3.63, 3.8) is 0 Å². The average Bonchev–Trinajstić information content (AvgIpc) is 3.66. The van der Waals surface area contributed by atoms with E-state index in [4.69, 9.17) is 14.2 Å². The molecule has 1 amide bonds. The number of methoxy groups -OCH3 is 2. The maximum atomic E-state index is 14.6. The molecule has 6 aromatic rings. The van der Waals surface area contributed by atoms with E-state index in [2.05, 4.69) is 6.07 Å². The predicted octanol–water partition coefficient (Wildman–Crippen LogP) is 5.66. The number of fused-ring (bicyclic) bond motifs is 3. The Kier molecular flexibility index (Phi) is 9.14. The molecular weight excluding hydrogens is 688 g/mol. The number of hydrogen-bond acceptors (Lipinski definition) is 8. The van der Waals surface area contributed by atoms with Gasteiger partial charge in [0.15, 0.2) is 0 Å². The zero-order valence-corrected chi connectivity index (χ0v) is 31.0. The molecule has 2 aliphatic heterocycles. The molecule has 1 atom stereocenters. The van der Waals surface area contributed by atoms with Crippen LogP contribution in [0.5, 0.6) is 11.5 Å². The van der Waals surface area contributed by atoms with Crippen LogP contribution in [0.25, 0.3) is 38.8 Å². The molecule has 2 aliphatic rings. The summed E-state index contributed by atoms with van der Waals surface area (Å²) in [5.74, 6) is -0.483. The van der Waals surface area contributed by atoms with Gasteiger partial charge in [0.05, 0.1) is 37.7 Å². The first-order chi connectivity index (χ1) is 25.9. The maximum absolute atomic E-state index is 14.6. The largest absolute Gasteiger partial charge is 0.497 e. The Morgan fingerprint density at radius 3 is 2.24 bits per heavy atom. The second-order valence-electron chi connectivity index (χ2n) is 14.3. The van der Waals surface area contributed by atoms with Crippen molar-refractivity contribution >= 4 is 39.6 Å². The first-order valence-electron chi connectivity index (χ1n) is 17.6. The fourth-order valence-electron chi connectivity index (χ4n) is 7.14. The third kappa shape index (κ3) is 6.29. The molecule has 276 valence electrons. The van der Waals surface area contributed by atoms with E-state index in [0.717, 1.165) is 23.9 Å². The molecule has 3 aromatic heterocycles. The zero-order valence-electron chi connectivity index (χ0n) is 31.0. The van der Waals surface area contributed by atoms with E-state index in [1.165, 1.54) is 33.4 Å². The summed E-state index contributed by atoms with van der Waals surface area (Å²) in [5.41, 5.74) is 1.89. The Balaban J connectivity index is 0.000000570. The van der Waals surface area contributed by atoms with Gasteiger partial charge in [-0.25, -0.2) is 9.59 Å². The van der Waals surface area contributed by atoms with Crippen LogP contribution in [0.15, 0.2) is 83.9 Å². The number of imidazole rings is 1. The molecule has 0 saturated carbocycles. The molecule has 13 nitrogen and oxygen atoms in total. The number of hydrogen-bond donors (Lipinski definition) is 0. The van der Waals surface area contributed by atoms with Crippen LogP contribution in [0.2, 0.25) is 0 Å². The van der Waals surface area contributed by atoms with Crippen molar-refractivity contribution in [1.29, 1.82) is 5.26 Å². The van der Waals surface area contributed by atoms with Gasteiger partial charge in [0.2, 0.25) is 5.91 Å². The Bertz CT molecular complexity index is 2560. The Hall–Kier alpha value is -6.55. The summed E-state index contributed by atoms with van der Waals surface area (Å²) >= 11 is 0. The van der Waals surface area contributed by atoms with E-state index in [1.54, 1.807) is 70.3 Å². The highest BCUT2D eigenvalue weighted by Gasteiger charge is 2.48. The van der Waals surface area contributed by atoms with Crippen LogP contribution in [0.1, 0.15) is 49.7 Å². The smallest absolute Gasteiger partial charge is 0.398 e. The van der Waals surface area contributed by atoms with E-state index in [0.29, 0.717) is 51.2 Å². The first-order valence-corrected chi connectivity index (χ1v) is 17.6. The van der Waals surface area contributed by atoms with Crippen molar-refractivity contribution in [3.05, 3.63) is 101 Å². The third-order valence-corrected chi connectivity index (χ3v) is 9.70. The van der Waals surface area contributed by atoms with E-state index in [1.807, 2.05) is 47.0 Å². The van der Waals surface area contributed by atoms with Crippen LogP contribution in [0, 0.1) is 11.3 Å². The molecule has 3 aromatic carbocycles. The second kappa shape index (κ2) is 13.8. The van der Waals surface area contributed by atoms with Gasteiger partial charge in [-0.1, -0.05) is 36.4 Å². The summed E-state index contributed by atoms with van der Waals surface area (Å²) in [7, 11) is 4.95. The molecule has 13 heteroatoms. The van der Waals surface area contributed by atoms with Crippen molar-refractivity contribution in [1.82, 2.24) is 23.2 Å². The standard InChI is InChI=1S/C36H33N5O6.C5H7NO/c1-36(2,3)47-34(43)33(42)39-20-26(24-11-7-10-14-28(24)39)32-29(18-37)40(19-22-15-16-23(45-5)17-31(22)46-6)35(44)41(32)30-21-38(4)27-13-9-8-12-25(27)30;7-5-4-2-1-3-6(4)5/h7-17,20-21H,19H2,1-6H3;4H,1-3H2. The van der Waals surface area contributed by atoms with E-state index in [-0.39, 0.29) is 17.9 Å². The Morgan fingerprint density at radius 1 is 0.926 bits per heavy atom. The van der Waals surface area contributed by atoms with E-state index >= 15 is 0 Å². The molecule has 54 heavy (non-hydrogen) atoms. The number of amides is 1. The molecule has 0 radical (unpaired) electrons. The van der Waals surface area contributed by atoms with Gasteiger partial charge in [0.25, 0.3) is 0 Å². The number of nitriles is 1. The van der Waals surface area contributed by atoms with Crippen LogP contribution in [-0.4, -0.2) is 73.4 Å². The van der Waals surface area contributed by atoms with Crippen LogP contribution in [-0.2, 0) is 27.9 Å². The van der Waals surface area contributed by atoms with Crippen LogP contribution < -0.4 is 15.2 Å². The first kappa shape index (κ1) is 35.8. The van der Waals surface area contributed by atoms with Crippen molar-refractivity contribution in [2.75, 3.05) is 20.8 Å². The minimum absolute atomic E-state index is 0.00907. The van der Waals surface area contributed by atoms with Crippen LogP contribution in [0.4, 0.5) is 0 Å². The molecule has 0 N–H and O–H groups in total. The highest BCUT2D eigenvalue weighted by molar-refractivity contribution is 6.35. The van der Waals surface area contributed by atoms with Gasteiger partial charge < -0.3 is 23.7 Å². The lowest BCUT2D eigenvalue weighted by Gasteiger charge is -2.18. The van der Waals surface area contributed by atoms with Crippen molar-refractivity contribution in [2.45, 2.75) is 51.8 Å². The number of ether oxygens (including phenoxy) is 3. The number of benzene rings is 3. The average molecular weight is 729 g/mol. The number of piperidine rings is 1. The molecular formula is C41H40N6O7. The summed E-state index contributed by atoms with van der Waals surface area (Å²) in [6.45, 7) is 6.08. The maximum Gasteiger partial charge on any atom is 0.398 e. The topological polar surface area (TPSA) is 142 Å². The van der Waals surface area contributed by atoms with Gasteiger partial charge >= 0.3 is 17.6 Å². The van der Waals surface area contributed by atoms with E-state index in [9.17, 15) is 24.4 Å². The lowest BCUT2D eigenvalue weighted by atomic mass is 10.1. The number of nitrogens with zero attached hydrogens (tertiary/aromatic N) is 6. The van der Waals surface area contributed by atoms with E-state index < -0.39 is 23.2 Å². The van der Waals surface area contributed by atoms with Gasteiger partial charge in [-0.3, -0.25) is 23.3 Å². The van der Waals surface area contributed by atoms with Crippen LogP contribution >= 0.6 is 0 Å². The van der Waals surface area contributed by atoms with Gasteiger partial charge in [-0.05, 0) is 57.9 Å². The number of para-hydroxylation sites is 2. The number of aromatic nitrogens is 4. The molecule has 0 bridgehead atoms. The number of rotatable bonds is 6. The number of esters is 1. The highest BCUT2D eigenvalue weighted by atomic mass is 16.6. The fourth-order valence-corrected chi connectivity index (χ4v) is 7.14. The molecule has 8 rings (SSSR count). The van der Waals surface area contributed by atoms with Gasteiger partial charge in [0, 0.05) is 59.5 Å². The van der Waals surface area contributed by atoms with Gasteiger partial charge in [0.1, 0.15) is 34.9 Å². The van der Waals surface area contributed by atoms with Crippen LogP contribution in [0.3, 0.4) is 0 Å². The molecule has 2 fully saturated rings. The third-order valence-electron chi connectivity index (χ3n) is 9.70. The summed E-state index contributed by atoms with van der Waals surface area (Å²) in [6, 6.07) is 22.6. The SMILES string of the molecule is COc1ccc(Cn2c(C#N)c(-c3cn(C(=O)C(=O)OC(C)(C)C)c4ccccc34)n(-c3cn(C)c4ccccc34)c2=O)c(OC)c1.O=C1C2CCCN12. The Labute approximate surface area is 311 Å². The quantitative estimate of drug-likeness (QED) is 0.122.